The summed E-state index contributed by atoms with van der Waals surface area (Å²) >= 11 is 0. The van der Waals surface area contributed by atoms with E-state index < -0.39 is 0 Å². The van der Waals surface area contributed by atoms with Gasteiger partial charge in [-0.2, -0.15) is 0 Å². The summed E-state index contributed by atoms with van der Waals surface area (Å²) in [7, 11) is 0. The molecule has 19 heavy (non-hydrogen) atoms. The van der Waals surface area contributed by atoms with Gasteiger partial charge >= 0.3 is 0 Å². The number of rotatable bonds is 4. The monoisotopic (exact) mass is 255 g/mol. The van der Waals surface area contributed by atoms with E-state index in [9.17, 15) is 4.79 Å². The first-order valence-electron chi connectivity index (χ1n) is 5.72. The van der Waals surface area contributed by atoms with Gasteiger partial charge in [0.25, 0.3) is 5.91 Å². The normalized spacial score (nSPS) is 10.3. The van der Waals surface area contributed by atoms with Crippen LogP contribution in [0.4, 0.5) is 5.69 Å². The molecule has 1 amide bonds. The third kappa shape index (κ3) is 4.20. The molecule has 0 heterocycles. The number of para-hydroxylation sites is 1. The Morgan fingerprint density at radius 2 is 1.74 bits per heavy atom. The molecule has 0 fully saturated rings. The molecule has 2 aromatic rings. The maximum absolute atomic E-state index is 11.5. The van der Waals surface area contributed by atoms with Crippen LogP contribution in [0, 0.1) is 0 Å². The van der Waals surface area contributed by atoms with Crippen molar-refractivity contribution >= 4 is 11.6 Å². The van der Waals surface area contributed by atoms with Crippen molar-refractivity contribution in [1.29, 1.82) is 0 Å². The lowest BCUT2D eigenvalue weighted by molar-refractivity contribution is -0.112. The van der Waals surface area contributed by atoms with Crippen molar-refractivity contribution in [2.75, 3.05) is 5.32 Å². The van der Waals surface area contributed by atoms with Crippen LogP contribution in [0.25, 0.3) is 0 Å². The molecular weight excluding hydrogens is 242 g/mol. The van der Waals surface area contributed by atoms with Crippen LogP contribution in [0.3, 0.4) is 0 Å². The van der Waals surface area contributed by atoms with Gasteiger partial charge in [-0.3, -0.25) is 4.79 Å². The number of anilines is 1. The minimum Gasteiger partial charge on any atom is -0.508 e. The van der Waals surface area contributed by atoms with Gasteiger partial charge in [0.05, 0.1) is 6.26 Å². The van der Waals surface area contributed by atoms with E-state index in [4.69, 9.17) is 9.84 Å². The van der Waals surface area contributed by atoms with Crippen LogP contribution in [-0.2, 0) is 4.79 Å². The third-order valence-corrected chi connectivity index (χ3v) is 2.30. The Morgan fingerprint density at radius 3 is 2.42 bits per heavy atom. The van der Waals surface area contributed by atoms with E-state index in [1.165, 1.54) is 24.5 Å². The molecule has 0 aliphatic carbocycles. The van der Waals surface area contributed by atoms with E-state index >= 15 is 0 Å². The summed E-state index contributed by atoms with van der Waals surface area (Å²) in [6, 6.07) is 15.4. The Balaban J connectivity index is 1.86. The van der Waals surface area contributed by atoms with Gasteiger partial charge in [-0.05, 0) is 36.4 Å². The maximum atomic E-state index is 11.5. The summed E-state index contributed by atoms with van der Waals surface area (Å²) in [6.45, 7) is 0. The lowest BCUT2D eigenvalue weighted by atomic mass is 10.3. The largest absolute Gasteiger partial charge is 0.508 e. The van der Waals surface area contributed by atoms with Gasteiger partial charge in [0.15, 0.2) is 0 Å². The predicted molar refractivity (Wildman–Crippen MR) is 72.9 cm³/mol. The Bertz CT molecular complexity index is 562. The number of nitrogens with one attached hydrogen (secondary N) is 1. The van der Waals surface area contributed by atoms with E-state index in [0.29, 0.717) is 11.4 Å². The molecule has 0 aromatic heterocycles. The smallest absolute Gasteiger partial charge is 0.251 e. The third-order valence-electron chi connectivity index (χ3n) is 2.30. The van der Waals surface area contributed by atoms with Crippen LogP contribution < -0.4 is 10.1 Å². The number of carbonyl (C=O) groups is 1. The molecule has 0 saturated carbocycles. The fourth-order valence-corrected chi connectivity index (χ4v) is 1.40. The van der Waals surface area contributed by atoms with Gasteiger partial charge in [0.1, 0.15) is 11.5 Å². The summed E-state index contributed by atoms with van der Waals surface area (Å²) in [5.41, 5.74) is 0.604. The molecule has 2 rings (SSSR count). The number of hydrogen-bond acceptors (Lipinski definition) is 3. The Morgan fingerprint density at radius 1 is 1.05 bits per heavy atom. The Kier molecular flexibility index (Phi) is 4.18. The van der Waals surface area contributed by atoms with Gasteiger partial charge < -0.3 is 15.2 Å². The quantitative estimate of drug-likeness (QED) is 0.501. The SMILES string of the molecule is O=C(C=COc1ccccc1)Nc1ccc(O)cc1. The van der Waals surface area contributed by atoms with Crippen LogP contribution in [0.15, 0.2) is 66.9 Å². The van der Waals surface area contributed by atoms with Crippen LogP contribution in [-0.4, -0.2) is 11.0 Å². The molecular formula is C15H13NO3. The number of hydrogen-bond donors (Lipinski definition) is 2. The highest BCUT2D eigenvalue weighted by Gasteiger charge is 1.97. The second-order valence-electron chi connectivity index (χ2n) is 3.77. The van der Waals surface area contributed by atoms with Crippen LogP contribution in [0.2, 0.25) is 0 Å². The molecule has 0 spiro atoms. The van der Waals surface area contributed by atoms with E-state index in [2.05, 4.69) is 5.32 Å². The van der Waals surface area contributed by atoms with Crippen molar-refractivity contribution < 1.29 is 14.6 Å². The van der Waals surface area contributed by atoms with Gasteiger partial charge in [-0.25, -0.2) is 0 Å². The molecule has 4 heteroatoms. The molecule has 0 unspecified atom stereocenters. The van der Waals surface area contributed by atoms with Gasteiger partial charge in [-0.15, -0.1) is 0 Å². The van der Waals surface area contributed by atoms with E-state index in [1.54, 1.807) is 24.3 Å². The van der Waals surface area contributed by atoms with Crippen molar-refractivity contribution in [1.82, 2.24) is 0 Å². The molecule has 0 saturated heterocycles. The summed E-state index contributed by atoms with van der Waals surface area (Å²) in [6.07, 6.45) is 2.62. The number of phenolic OH excluding ortho intramolecular Hbond substituents is 1. The van der Waals surface area contributed by atoms with Gasteiger partial charge in [-0.1, -0.05) is 18.2 Å². The first-order valence-corrected chi connectivity index (χ1v) is 5.72. The van der Waals surface area contributed by atoms with Gasteiger partial charge in [0.2, 0.25) is 0 Å². The first-order chi connectivity index (χ1) is 9.24. The first kappa shape index (κ1) is 12.7. The second-order valence-corrected chi connectivity index (χ2v) is 3.77. The molecule has 0 radical (unpaired) electrons. The van der Waals surface area contributed by atoms with Gasteiger partial charge in [0, 0.05) is 11.8 Å². The molecule has 2 N–H and O–H groups in total. The zero-order chi connectivity index (χ0) is 13.5. The summed E-state index contributed by atoms with van der Waals surface area (Å²) in [5.74, 6) is 0.513. The topological polar surface area (TPSA) is 58.6 Å². The second kappa shape index (κ2) is 6.26. The van der Waals surface area contributed by atoms with E-state index in [1.807, 2.05) is 18.2 Å². The number of benzene rings is 2. The average molecular weight is 255 g/mol. The molecule has 96 valence electrons. The minimum absolute atomic E-state index is 0.154. The Labute approximate surface area is 111 Å². The predicted octanol–water partition coefficient (Wildman–Crippen LogP) is 2.92. The number of phenols is 1. The minimum atomic E-state index is -0.304. The number of aromatic hydroxyl groups is 1. The molecule has 0 aliphatic rings. The molecule has 0 atom stereocenters. The van der Waals surface area contributed by atoms with E-state index in [-0.39, 0.29) is 11.7 Å². The van der Waals surface area contributed by atoms with Crippen LogP contribution >= 0.6 is 0 Å². The molecule has 2 aromatic carbocycles. The summed E-state index contributed by atoms with van der Waals surface area (Å²) < 4.78 is 5.25. The van der Waals surface area contributed by atoms with Crippen molar-refractivity contribution in [3.63, 3.8) is 0 Å². The van der Waals surface area contributed by atoms with Crippen molar-refractivity contribution in [3.8, 4) is 11.5 Å². The number of ether oxygens (including phenoxy) is 1. The number of amides is 1. The zero-order valence-electron chi connectivity index (χ0n) is 10.1. The molecule has 0 aliphatic heterocycles. The standard InChI is InChI=1S/C15H13NO3/c17-13-8-6-12(7-9-13)16-15(18)10-11-19-14-4-2-1-3-5-14/h1-11,17H,(H,16,18). The molecule has 0 bridgehead atoms. The van der Waals surface area contributed by atoms with Crippen molar-refractivity contribution in [3.05, 3.63) is 66.9 Å². The lowest BCUT2D eigenvalue weighted by Gasteiger charge is -2.02. The summed E-state index contributed by atoms with van der Waals surface area (Å²) in [4.78, 5) is 11.5. The number of carbonyl (C=O) groups excluding carboxylic acids is 1. The highest BCUT2D eigenvalue weighted by molar-refractivity contribution is 5.99. The van der Waals surface area contributed by atoms with Crippen molar-refractivity contribution in [2.45, 2.75) is 0 Å². The highest BCUT2D eigenvalue weighted by atomic mass is 16.5. The summed E-state index contributed by atoms with van der Waals surface area (Å²) in [5, 5.41) is 11.8. The zero-order valence-corrected chi connectivity index (χ0v) is 10.1. The fourth-order valence-electron chi connectivity index (χ4n) is 1.40. The fraction of sp³-hybridized carbons (Fsp3) is 0. The van der Waals surface area contributed by atoms with E-state index in [0.717, 1.165) is 0 Å². The lowest BCUT2D eigenvalue weighted by Crippen LogP contribution is -2.07. The van der Waals surface area contributed by atoms with Crippen LogP contribution in [0.5, 0.6) is 11.5 Å². The maximum Gasteiger partial charge on any atom is 0.251 e. The van der Waals surface area contributed by atoms with Crippen molar-refractivity contribution in [2.24, 2.45) is 0 Å². The Hall–Kier alpha value is -2.75. The highest BCUT2D eigenvalue weighted by Crippen LogP contribution is 2.13. The van der Waals surface area contributed by atoms with Crippen LogP contribution in [0.1, 0.15) is 0 Å². The average Bonchev–Trinajstić information content (AvgIpc) is 2.43. The molecule has 4 nitrogen and oxygen atoms in total.